The van der Waals surface area contributed by atoms with Gasteiger partial charge in [0, 0.05) is 23.1 Å². The van der Waals surface area contributed by atoms with Crippen LogP contribution in [0.15, 0.2) is 53.2 Å². The molecule has 0 atom stereocenters. The van der Waals surface area contributed by atoms with Crippen LogP contribution in [-0.2, 0) is 16.3 Å². The van der Waals surface area contributed by atoms with Crippen molar-refractivity contribution in [2.45, 2.75) is 11.5 Å². The van der Waals surface area contributed by atoms with E-state index in [0.29, 0.717) is 11.6 Å². The Kier molecular flexibility index (Phi) is 4.53. The topological polar surface area (TPSA) is 69.3 Å². The SMILES string of the molecule is COc1ccc(-n2nc3c(c2NC(=O)C=Cc2ccco2)CSC3)cc1. The second-order valence-electron chi connectivity index (χ2n) is 5.71. The van der Waals surface area contributed by atoms with Gasteiger partial charge in [0.15, 0.2) is 0 Å². The zero-order chi connectivity index (χ0) is 17.9. The average Bonchev–Trinajstić information content (AvgIpc) is 3.39. The largest absolute Gasteiger partial charge is 0.497 e. The summed E-state index contributed by atoms with van der Waals surface area (Å²) in [6, 6.07) is 11.2. The third kappa shape index (κ3) is 3.25. The summed E-state index contributed by atoms with van der Waals surface area (Å²) in [5, 5.41) is 7.65. The molecule has 7 heteroatoms. The lowest BCUT2D eigenvalue weighted by molar-refractivity contribution is -0.111. The second kappa shape index (κ2) is 7.13. The summed E-state index contributed by atoms with van der Waals surface area (Å²) in [5.74, 6) is 3.58. The lowest BCUT2D eigenvalue weighted by Crippen LogP contribution is -2.13. The lowest BCUT2D eigenvalue weighted by atomic mass is 10.2. The summed E-state index contributed by atoms with van der Waals surface area (Å²) in [5.41, 5.74) is 2.96. The van der Waals surface area contributed by atoms with Gasteiger partial charge < -0.3 is 14.5 Å². The van der Waals surface area contributed by atoms with Crippen LogP contribution in [0.1, 0.15) is 17.0 Å². The molecule has 132 valence electrons. The monoisotopic (exact) mass is 367 g/mol. The van der Waals surface area contributed by atoms with Gasteiger partial charge in [0.05, 0.1) is 24.8 Å². The molecule has 0 saturated heterocycles. The molecule has 0 bridgehead atoms. The van der Waals surface area contributed by atoms with Crippen LogP contribution in [-0.4, -0.2) is 22.8 Å². The maximum absolute atomic E-state index is 12.4. The van der Waals surface area contributed by atoms with E-state index >= 15 is 0 Å². The molecule has 0 saturated carbocycles. The summed E-state index contributed by atoms with van der Waals surface area (Å²) < 4.78 is 12.2. The van der Waals surface area contributed by atoms with Crippen LogP contribution in [0.3, 0.4) is 0 Å². The molecule has 0 radical (unpaired) electrons. The Balaban J connectivity index is 1.63. The maximum atomic E-state index is 12.4. The molecule has 4 rings (SSSR count). The first-order valence-corrected chi connectivity index (χ1v) is 9.25. The van der Waals surface area contributed by atoms with Gasteiger partial charge in [-0.3, -0.25) is 4.79 Å². The molecule has 0 unspecified atom stereocenters. The number of benzene rings is 1. The summed E-state index contributed by atoms with van der Waals surface area (Å²) >= 11 is 1.79. The molecule has 1 amide bonds. The summed E-state index contributed by atoms with van der Waals surface area (Å²) in [4.78, 5) is 12.4. The van der Waals surface area contributed by atoms with E-state index in [1.807, 2.05) is 24.3 Å². The summed E-state index contributed by atoms with van der Waals surface area (Å²) in [6.45, 7) is 0. The van der Waals surface area contributed by atoms with E-state index in [0.717, 1.165) is 34.2 Å². The van der Waals surface area contributed by atoms with Gasteiger partial charge in [-0.05, 0) is 42.5 Å². The predicted octanol–water partition coefficient (Wildman–Crippen LogP) is 3.87. The van der Waals surface area contributed by atoms with Gasteiger partial charge >= 0.3 is 0 Å². The van der Waals surface area contributed by atoms with E-state index in [1.165, 1.54) is 6.08 Å². The smallest absolute Gasteiger partial charge is 0.249 e. The van der Waals surface area contributed by atoms with Crippen LogP contribution in [0.2, 0.25) is 0 Å². The number of amides is 1. The van der Waals surface area contributed by atoms with Crippen molar-refractivity contribution in [3.8, 4) is 11.4 Å². The number of carbonyl (C=O) groups excluding carboxylic acids is 1. The molecule has 1 aliphatic heterocycles. The molecule has 1 aliphatic rings. The molecule has 0 spiro atoms. The molecule has 1 aromatic carbocycles. The highest BCUT2D eigenvalue weighted by atomic mass is 32.2. The molecular formula is C19H17N3O3S. The number of anilines is 1. The molecule has 1 N–H and O–H groups in total. The first kappa shape index (κ1) is 16.5. The number of ether oxygens (including phenoxy) is 1. The van der Waals surface area contributed by atoms with Crippen molar-refractivity contribution in [1.29, 1.82) is 0 Å². The third-order valence-corrected chi connectivity index (χ3v) is 5.02. The van der Waals surface area contributed by atoms with Crippen LogP contribution in [0.25, 0.3) is 11.8 Å². The van der Waals surface area contributed by atoms with Crippen molar-refractivity contribution in [3.63, 3.8) is 0 Å². The fourth-order valence-corrected chi connectivity index (χ4v) is 3.79. The minimum Gasteiger partial charge on any atom is -0.497 e. The Hall–Kier alpha value is -2.93. The van der Waals surface area contributed by atoms with Gasteiger partial charge in [0.1, 0.15) is 17.3 Å². The molecule has 3 heterocycles. The van der Waals surface area contributed by atoms with Crippen LogP contribution >= 0.6 is 11.8 Å². The van der Waals surface area contributed by atoms with Crippen LogP contribution < -0.4 is 10.1 Å². The van der Waals surface area contributed by atoms with E-state index in [-0.39, 0.29) is 5.91 Å². The molecule has 3 aromatic rings. The fourth-order valence-electron chi connectivity index (χ4n) is 2.75. The van der Waals surface area contributed by atoms with E-state index in [2.05, 4.69) is 10.4 Å². The van der Waals surface area contributed by atoms with E-state index in [9.17, 15) is 4.79 Å². The first-order chi connectivity index (χ1) is 12.7. The summed E-state index contributed by atoms with van der Waals surface area (Å²) in [6.07, 6.45) is 4.66. The van der Waals surface area contributed by atoms with Crippen LogP contribution in [0.5, 0.6) is 5.75 Å². The Morgan fingerprint density at radius 3 is 2.88 bits per heavy atom. The number of methoxy groups -OCH3 is 1. The van der Waals surface area contributed by atoms with Gasteiger partial charge in [-0.2, -0.15) is 16.9 Å². The Morgan fingerprint density at radius 1 is 1.31 bits per heavy atom. The van der Waals surface area contributed by atoms with Crippen molar-refractivity contribution in [3.05, 3.63) is 65.8 Å². The average molecular weight is 367 g/mol. The minimum absolute atomic E-state index is 0.226. The molecular weight excluding hydrogens is 350 g/mol. The normalized spacial score (nSPS) is 13.1. The molecule has 0 aliphatic carbocycles. The van der Waals surface area contributed by atoms with Crippen LogP contribution in [0.4, 0.5) is 5.82 Å². The van der Waals surface area contributed by atoms with Crippen molar-refractivity contribution in [2.24, 2.45) is 0 Å². The van der Waals surface area contributed by atoms with Gasteiger partial charge in [0.2, 0.25) is 5.91 Å². The lowest BCUT2D eigenvalue weighted by Gasteiger charge is -2.10. The second-order valence-corrected chi connectivity index (χ2v) is 6.70. The highest BCUT2D eigenvalue weighted by molar-refractivity contribution is 7.98. The number of hydrogen-bond donors (Lipinski definition) is 1. The van der Waals surface area contributed by atoms with E-state index in [1.54, 1.807) is 48.0 Å². The van der Waals surface area contributed by atoms with Crippen molar-refractivity contribution < 1.29 is 13.9 Å². The standard InChI is InChI=1S/C19H17N3O3S/c1-24-14-6-4-13(5-7-14)22-19(16-11-26-12-17(16)21-22)20-18(23)9-8-15-3-2-10-25-15/h2-10H,11-12H2,1H3,(H,20,23). The van der Waals surface area contributed by atoms with Gasteiger partial charge in [-0.25, -0.2) is 4.68 Å². The number of fused-ring (bicyclic) bond motifs is 1. The first-order valence-electron chi connectivity index (χ1n) is 8.10. The quantitative estimate of drug-likeness (QED) is 0.693. The number of rotatable bonds is 5. The number of thioether (sulfide) groups is 1. The maximum Gasteiger partial charge on any atom is 0.249 e. The number of hydrogen-bond acceptors (Lipinski definition) is 5. The number of furan rings is 1. The van der Waals surface area contributed by atoms with Gasteiger partial charge in [-0.1, -0.05) is 0 Å². The number of carbonyl (C=O) groups is 1. The Morgan fingerprint density at radius 2 is 2.15 bits per heavy atom. The fraction of sp³-hybridized carbons (Fsp3) is 0.158. The third-order valence-electron chi connectivity index (χ3n) is 4.05. The molecule has 26 heavy (non-hydrogen) atoms. The number of nitrogens with zero attached hydrogens (tertiary/aromatic N) is 2. The van der Waals surface area contributed by atoms with Gasteiger partial charge in [-0.15, -0.1) is 0 Å². The van der Waals surface area contributed by atoms with E-state index < -0.39 is 0 Å². The molecule has 0 fully saturated rings. The number of nitrogens with one attached hydrogen (secondary N) is 1. The number of aromatic nitrogens is 2. The predicted molar refractivity (Wildman–Crippen MR) is 101 cm³/mol. The van der Waals surface area contributed by atoms with E-state index in [4.69, 9.17) is 9.15 Å². The minimum atomic E-state index is -0.226. The van der Waals surface area contributed by atoms with Crippen molar-refractivity contribution >= 4 is 29.6 Å². The zero-order valence-electron chi connectivity index (χ0n) is 14.1. The Bertz CT molecular complexity index is 943. The van der Waals surface area contributed by atoms with Crippen molar-refractivity contribution in [1.82, 2.24) is 9.78 Å². The molecule has 2 aromatic heterocycles. The summed E-state index contributed by atoms with van der Waals surface area (Å²) in [7, 11) is 1.63. The van der Waals surface area contributed by atoms with Crippen LogP contribution in [0, 0.1) is 0 Å². The highest BCUT2D eigenvalue weighted by Gasteiger charge is 2.24. The molecule has 6 nitrogen and oxygen atoms in total. The van der Waals surface area contributed by atoms with Crippen molar-refractivity contribution in [2.75, 3.05) is 12.4 Å². The Labute approximate surface area is 154 Å². The van der Waals surface area contributed by atoms with Gasteiger partial charge in [0.25, 0.3) is 0 Å². The highest BCUT2D eigenvalue weighted by Crippen LogP contribution is 2.36. The zero-order valence-corrected chi connectivity index (χ0v) is 15.0.